The van der Waals surface area contributed by atoms with E-state index in [4.69, 9.17) is 11.6 Å². The van der Waals surface area contributed by atoms with Gasteiger partial charge in [-0.25, -0.2) is 4.68 Å². The van der Waals surface area contributed by atoms with Gasteiger partial charge in [-0.3, -0.25) is 0 Å². The number of nitrogens with one attached hydrogen (secondary N) is 1. The molecule has 106 valence electrons. The number of hydrogen-bond acceptors (Lipinski definition) is 5. The van der Waals surface area contributed by atoms with Gasteiger partial charge in [0.05, 0.1) is 5.02 Å². The Morgan fingerprint density at radius 2 is 2.00 bits per heavy atom. The van der Waals surface area contributed by atoms with Crippen LogP contribution in [0.15, 0.2) is 42.7 Å². The van der Waals surface area contributed by atoms with Crippen molar-refractivity contribution in [2.45, 2.75) is 6.92 Å². The lowest BCUT2D eigenvalue weighted by Crippen LogP contribution is -2.10. The van der Waals surface area contributed by atoms with Crippen LogP contribution in [0.4, 0.5) is 5.95 Å². The third-order valence-corrected chi connectivity index (χ3v) is 3.11. The van der Waals surface area contributed by atoms with E-state index < -0.39 is 0 Å². The molecular weight excluding hydrogens is 288 g/mol. The van der Waals surface area contributed by atoms with E-state index in [1.54, 1.807) is 23.1 Å². The molecule has 2 heterocycles. The van der Waals surface area contributed by atoms with Crippen molar-refractivity contribution in [2.75, 3.05) is 11.9 Å². The van der Waals surface area contributed by atoms with Crippen molar-refractivity contribution < 1.29 is 0 Å². The highest BCUT2D eigenvalue weighted by atomic mass is 35.5. The van der Waals surface area contributed by atoms with Crippen molar-refractivity contribution in [3.8, 4) is 17.3 Å². The molecule has 21 heavy (non-hydrogen) atoms. The minimum absolute atomic E-state index is 0.445. The zero-order chi connectivity index (χ0) is 14.7. The van der Waals surface area contributed by atoms with Gasteiger partial charge in [-0.2, -0.15) is 20.1 Å². The summed E-state index contributed by atoms with van der Waals surface area (Å²) in [5.41, 5.74) is 0.758. The summed E-state index contributed by atoms with van der Waals surface area (Å²) in [4.78, 5) is 13.2. The van der Waals surface area contributed by atoms with Crippen molar-refractivity contribution in [1.82, 2.24) is 24.7 Å². The van der Waals surface area contributed by atoms with Gasteiger partial charge in [-0.15, -0.1) is 0 Å². The smallest absolute Gasteiger partial charge is 0.255 e. The number of rotatable bonds is 4. The zero-order valence-corrected chi connectivity index (χ0v) is 12.1. The van der Waals surface area contributed by atoms with Crippen LogP contribution in [0, 0.1) is 0 Å². The van der Waals surface area contributed by atoms with Gasteiger partial charge < -0.3 is 5.32 Å². The molecule has 3 aromatic rings. The molecule has 0 radical (unpaired) electrons. The van der Waals surface area contributed by atoms with Crippen molar-refractivity contribution in [3.05, 3.63) is 47.7 Å². The summed E-state index contributed by atoms with van der Waals surface area (Å²) in [5.74, 6) is 1.45. The molecule has 0 bridgehead atoms. The Balaban J connectivity index is 2.14. The van der Waals surface area contributed by atoms with Crippen molar-refractivity contribution in [3.63, 3.8) is 0 Å². The summed E-state index contributed by atoms with van der Waals surface area (Å²) in [7, 11) is 0. The first-order valence-corrected chi connectivity index (χ1v) is 6.90. The molecule has 2 aromatic heterocycles. The van der Waals surface area contributed by atoms with Crippen LogP contribution < -0.4 is 5.32 Å². The topological polar surface area (TPSA) is 68.5 Å². The highest BCUT2D eigenvalue weighted by molar-refractivity contribution is 6.33. The summed E-state index contributed by atoms with van der Waals surface area (Å²) in [6.45, 7) is 2.69. The molecule has 0 atom stereocenters. The molecule has 0 unspecified atom stereocenters. The monoisotopic (exact) mass is 300 g/mol. The quantitative estimate of drug-likeness (QED) is 0.802. The predicted octanol–water partition coefficient (Wildman–Crippen LogP) is 2.81. The Labute approximate surface area is 126 Å². The van der Waals surface area contributed by atoms with Crippen LogP contribution in [0.1, 0.15) is 6.92 Å². The van der Waals surface area contributed by atoms with E-state index in [2.05, 4.69) is 25.4 Å². The van der Waals surface area contributed by atoms with Gasteiger partial charge in [0.2, 0.25) is 5.95 Å². The van der Waals surface area contributed by atoms with Crippen LogP contribution in [0.2, 0.25) is 5.02 Å². The summed E-state index contributed by atoms with van der Waals surface area (Å²) in [6.07, 6.45) is 3.45. The number of nitrogens with zero attached hydrogens (tertiary/aromatic N) is 5. The molecule has 0 amide bonds. The molecule has 1 aromatic carbocycles. The van der Waals surface area contributed by atoms with E-state index in [-0.39, 0.29) is 0 Å². The highest BCUT2D eigenvalue weighted by Gasteiger charge is 2.12. The molecule has 0 aliphatic heterocycles. The molecular formula is C14H13ClN6. The molecule has 0 spiro atoms. The van der Waals surface area contributed by atoms with Gasteiger partial charge in [0.25, 0.3) is 5.95 Å². The second kappa shape index (κ2) is 5.88. The molecule has 0 aliphatic rings. The molecule has 1 N–H and O–H groups in total. The van der Waals surface area contributed by atoms with E-state index >= 15 is 0 Å². The standard InChI is InChI=1S/C14H13ClN6/c1-2-16-13-18-12(10-6-3-4-7-11(10)15)19-14(20-13)21-9-5-8-17-21/h3-9H,2H2,1H3,(H,16,18,19,20). The average Bonchev–Trinajstić information content (AvgIpc) is 3.02. The Kier molecular flexibility index (Phi) is 3.79. The Morgan fingerprint density at radius 1 is 1.14 bits per heavy atom. The fourth-order valence-corrected chi connectivity index (χ4v) is 2.07. The Bertz CT molecular complexity index is 741. The predicted molar refractivity (Wildman–Crippen MR) is 81.6 cm³/mol. The summed E-state index contributed by atoms with van der Waals surface area (Å²) in [6, 6.07) is 9.26. The molecule has 0 aliphatic carbocycles. The van der Waals surface area contributed by atoms with Crippen LogP contribution in [-0.4, -0.2) is 31.3 Å². The van der Waals surface area contributed by atoms with Gasteiger partial charge in [-0.1, -0.05) is 23.7 Å². The first kappa shape index (κ1) is 13.5. The van der Waals surface area contributed by atoms with Gasteiger partial charge in [0.1, 0.15) is 0 Å². The number of halogens is 1. The maximum Gasteiger partial charge on any atom is 0.255 e. The van der Waals surface area contributed by atoms with E-state index in [0.29, 0.717) is 29.3 Å². The molecule has 3 rings (SSSR count). The van der Waals surface area contributed by atoms with Gasteiger partial charge in [0.15, 0.2) is 5.82 Å². The maximum atomic E-state index is 6.22. The lowest BCUT2D eigenvalue weighted by atomic mass is 10.2. The van der Waals surface area contributed by atoms with Crippen LogP contribution >= 0.6 is 11.6 Å². The maximum absolute atomic E-state index is 6.22. The number of benzene rings is 1. The van der Waals surface area contributed by atoms with Crippen LogP contribution in [0.5, 0.6) is 0 Å². The molecule has 0 saturated heterocycles. The third kappa shape index (κ3) is 2.85. The van der Waals surface area contributed by atoms with Crippen LogP contribution in [0.25, 0.3) is 17.3 Å². The van der Waals surface area contributed by atoms with Gasteiger partial charge in [-0.05, 0) is 25.1 Å². The van der Waals surface area contributed by atoms with E-state index in [9.17, 15) is 0 Å². The Morgan fingerprint density at radius 3 is 2.71 bits per heavy atom. The number of hydrogen-bond donors (Lipinski definition) is 1. The number of anilines is 1. The Hall–Kier alpha value is -2.47. The molecule has 0 saturated carbocycles. The number of aromatic nitrogens is 5. The van der Waals surface area contributed by atoms with E-state index in [0.717, 1.165) is 5.56 Å². The van der Waals surface area contributed by atoms with E-state index in [1.165, 1.54) is 0 Å². The lowest BCUT2D eigenvalue weighted by molar-refractivity contribution is 0.798. The SMILES string of the molecule is CCNc1nc(-c2ccccc2Cl)nc(-n2cccn2)n1. The lowest BCUT2D eigenvalue weighted by Gasteiger charge is -2.08. The zero-order valence-electron chi connectivity index (χ0n) is 11.4. The summed E-state index contributed by atoms with van der Waals surface area (Å²) in [5, 5.41) is 7.84. The summed E-state index contributed by atoms with van der Waals surface area (Å²) < 4.78 is 1.59. The molecule has 0 fully saturated rings. The van der Waals surface area contributed by atoms with Gasteiger partial charge in [0, 0.05) is 24.5 Å². The minimum atomic E-state index is 0.445. The van der Waals surface area contributed by atoms with Crippen molar-refractivity contribution in [1.29, 1.82) is 0 Å². The first-order valence-electron chi connectivity index (χ1n) is 6.53. The second-order valence-electron chi connectivity index (χ2n) is 4.24. The fraction of sp³-hybridized carbons (Fsp3) is 0.143. The molecule has 7 heteroatoms. The second-order valence-corrected chi connectivity index (χ2v) is 4.65. The van der Waals surface area contributed by atoms with Crippen LogP contribution in [-0.2, 0) is 0 Å². The minimum Gasteiger partial charge on any atom is -0.354 e. The largest absolute Gasteiger partial charge is 0.354 e. The van der Waals surface area contributed by atoms with Crippen molar-refractivity contribution in [2.24, 2.45) is 0 Å². The fourth-order valence-electron chi connectivity index (χ4n) is 1.85. The van der Waals surface area contributed by atoms with Crippen molar-refractivity contribution >= 4 is 17.5 Å². The highest BCUT2D eigenvalue weighted by Crippen LogP contribution is 2.25. The molecule has 6 nitrogen and oxygen atoms in total. The first-order chi connectivity index (χ1) is 10.3. The third-order valence-electron chi connectivity index (χ3n) is 2.78. The van der Waals surface area contributed by atoms with E-state index in [1.807, 2.05) is 31.2 Å². The average molecular weight is 301 g/mol. The normalized spacial score (nSPS) is 10.6. The van der Waals surface area contributed by atoms with Gasteiger partial charge >= 0.3 is 0 Å². The van der Waals surface area contributed by atoms with Crippen LogP contribution in [0.3, 0.4) is 0 Å². The summed E-state index contributed by atoms with van der Waals surface area (Å²) >= 11 is 6.22.